The number of rotatable bonds is 1. The van der Waals surface area contributed by atoms with Gasteiger partial charge in [-0.2, -0.15) is 0 Å². The Morgan fingerprint density at radius 2 is 2.33 bits per heavy atom. The molecule has 15 heavy (non-hydrogen) atoms. The van der Waals surface area contributed by atoms with E-state index >= 15 is 0 Å². The number of hydrogen-bond acceptors (Lipinski definition) is 3. The van der Waals surface area contributed by atoms with Crippen molar-refractivity contribution in [2.24, 2.45) is 0 Å². The summed E-state index contributed by atoms with van der Waals surface area (Å²) >= 11 is 5.84. The summed E-state index contributed by atoms with van der Waals surface area (Å²) in [5.41, 5.74) is 5.34. The predicted octanol–water partition coefficient (Wildman–Crippen LogP) is 2.24. The van der Waals surface area contributed by atoms with Crippen LogP contribution in [-0.2, 0) is 5.60 Å². The molecule has 0 fully saturated rings. The number of pyridine rings is 1. The summed E-state index contributed by atoms with van der Waals surface area (Å²) in [7, 11) is 0. The van der Waals surface area contributed by atoms with Gasteiger partial charge in [-0.25, -0.2) is 4.98 Å². The largest absolute Gasteiger partial charge is 0.383 e. The highest BCUT2D eigenvalue weighted by atomic mass is 35.5. The molecule has 0 bridgehead atoms. The van der Waals surface area contributed by atoms with Crippen molar-refractivity contribution in [1.82, 2.24) is 4.98 Å². The zero-order valence-corrected chi connectivity index (χ0v) is 9.04. The smallest absolute Gasteiger partial charge is 0.129 e. The predicted molar refractivity (Wildman–Crippen MR) is 60.5 cm³/mol. The van der Waals surface area contributed by atoms with Crippen molar-refractivity contribution in [3.05, 3.63) is 35.0 Å². The number of nitrogen functional groups attached to an aromatic ring is 1. The Balaban J connectivity index is 2.47. The molecule has 1 atom stereocenters. The van der Waals surface area contributed by atoms with Crippen LogP contribution < -0.4 is 5.73 Å². The molecule has 1 aliphatic carbocycles. The Labute approximate surface area is 93.6 Å². The van der Waals surface area contributed by atoms with Gasteiger partial charge in [0.25, 0.3) is 0 Å². The van der Waals surface area contributed by atoms with Crippen molar-refractivity contribution >= 4 is 17.4 Å². The first-order valence-electron chi connectivity index (χ1n) is 4.93. The summed E-state index contributed by atoms with van der Waals surface area (Å²) in [6.45, 7) is 0. The quantitative estimate of drug-likeness (QED) is 0.720. The van der Waals surface area contributed by atoms with Crippen LogP contribution >= 0.6 is 11.6 Å². The highest BCUT2D eigenvalue weighted by Crippen LogP contribution is 2.35. The zero-order valence-electron chi connectivity index (χ0n) is 8.28. The van der Waals surface area contributed by atoms with Crippen LogP contribution in [0.4, 0.5) is 5.82 Å². The number of allylic oxidation sites excluding steroid dienone is 1. The first-order chi connectivity index (χ1) is 7.12. The molecule has 3 nitrogen and oxygen atoms in total. The Hall–Kier alpha value is -1.06. The first kappa shape index (κ1) is 10.5. The van der Waals surface area contributed by atoms with Crippen molar-refractivity contribution in [2.75, 3.05) is 5.73 Å². The highest BCUT2D eigenvalue weighted by molar-refractivity contribution is 6.30. The van der Waals surface area contributed by atoms with Gasteiger partial charge < -0.3 is 10.8 Å². The third kappa shape index (κ3) is 1.98. The Kier molecular flexibility index (Phi) is 2.67. The van der Waals surface area contributed by atoms with E-state index in [-0.39, 0.29) is 0 Å². The van der Waals surface area contributed by atoms with E-state index in [1.807, 2.05) is 6.08 Å². The molecule has 2 rings (SSSR count). The molecule has 1 heterocycles. The van der Waals surface area contributed by atoms with E-state index in [2.05, 4.69) is 4.98 Å². The van der Waals surface area contributed by atoms with Gasteiger partial charge in [0.2, 0.25) is 0 Å². The van der Waals surface area contributed by atoms with Gasteiger partial charge in [-0.1, -0.05) is 23.8 Å². The fraction of sp³-hybridized carbons (Fsp3) is 0.364. The minimum absolute atomic E-state index is 0.341. The summed E-state index contributed by atoms with van der Waals surface area (Å²) in [6.07, 6.45) is 7.82. The third-order valence-electron chi connectivity index (χ3n) is 2.67. The number of halogens is 1. The van der Waals surface area contributed by atoms with Crippen molar-refractivity contribution in [2.45, 2.75) is 24.9 Å². The number of aromatic nitrogens is 1. The number of nitrogens with zero attached hydrogens (tertiary/aromatic N) is 1. The van der Waals surface area contributed by atoms with Crippen LogP contribution in [0.2, 0.25) is 5.02 Å². The normalized spacial score (nSPS) is 25.5. The minimum atomic E-state index is -1.000. The first-order valence-corrected chi connectivity index (χ1v) is 5.31. The fourth-order valence-corrected chi connectivity index (χ4v) is 2.03. The fourth-order valence-electron chi connectivity index (χ4n) is 1.87. The SMILES string of the molecule is Nc1ncc(Cl)cc1C1(O)C=CCCC1. The molecular weight excluding hydrogens is 212 g/mol. The van der Waals surface area contributed by atoms with Gasteiger partial charge in [0.15, 0.2) is 0 Å². The lowest BCUT2D eigenvalue weighted by molar-refractivity contribution is 0.0731. The number of hydrogen-bond donors (Lipinski definition) is 2. The summed E-state index contributed by atoms with van der Waals surface area (Å²) in [4.78, 5) is 3.95. The van der Waals surface area contributed by atoms with Crippen molar-refractivity contribution in [3.8, 4) is 0 Å². The van der Waals surface area contributed by atoms with Crippen LogP contribution in [0.3, 0.4) is 0 Å². The van der Waals surface area contributed by atoms with Gasteiger partial charge in [-0.3, -0.25) is 0 Å². The van der Waals surface area contributed by atoms with Gasteiger partial charge in [-0.15, -0.1) is 0 Å². The van der Waals surface area contributed by atoms with Crippen LogP contribution in [0.15, 0.2) is 24.4 Å². The molecule has 3 N–H and O–H groups in total. The molecule has 0 saturated heterocycles. The molecule has 0 amide bonds. The number of nitrogens with two attached hydrogens (primary N) is 1. The Morgan fingerprint density at radius 1 is 1.53 bits per heavy atom. The topological polar surface area (TPSA) is 59.1 Å². The lowest BCUT2D eigenvalue weighted by Gasteiger charge is -2.28. The summed E-state index contributed by atoms with van der Waals surface area (Å²) < 4.78 is 0. The molecule has 0 spiro atoms. The number of anilines is 1. The molecule has 1 aliphatic rings. The zero-order chi connectivity index (χ0) is 10.9. The molecule has 0 aromatic carbocycles. The van der Waals surface area contributed by atoms with Crippen molar-refractivity contribution in [3.63, 3.8) is 0 Å². The standard InChI is InChI=1S/C11H13ClN2O/c12-8-6-9(10(13)14-7-8)11(15)4-2-1-3-5-11/h2,4,6-7,15H,1,3,5H2,(H2,13,14). The lowest BCUT2D eigenvalue weighted by Crippen LogP contribution is -2.26. The minimum Gasteiger partial charge on any atom is -0.383 e. The summed E-state index contributed by atoms with van der Waals surface area (Å²) in [6, 6.07) is 1.68. The monoisotopic (exact) mass is 224 g/mol. The van der Waals surface area contributed by atoms with Crippen LogP contribution in [0.25, 0.3) is 0 Å². The van der Waals surface area contributed by atoms with E-state index in [0.29, 0.717) is 22.8 Å². The molecule has 4 heteroatoms. The van der Waals surface area contributed by atoms with Crippen molar-refractivity contribution < 1.29 is 5.11 Å². The molecule has 80 valence electrons. The summed E-state index contributed by atoms with van der Waals surface area (Å²) in [5, 5.41) is 10.9. The molecule has 0 radical (unpaired) electrons. The van der Waals surface area contributed by atoms with Gasteiger partial charge in [0, 0.05) is 11.8 Å². The average molecular weight is 225 g/mol. The highest BCUT2D eigenvalue weighted by Gasteiger charge is 2.30. The molecule has 1 aromatic rings. The second-order valence-electron chi connectivity index (χ2n) is 3.81. The maximum Gasteiger partial charge on any atom is 0.129 e. The Morgan fingerprint density at radius 3 is 3.00 bits per heavy atom. The van der Waals surface area contributed by atoms with E-state index in [4.69, 9.17) is 17.3 Å². The van der Waals surface area contributed by atoms with Crippen LogP contribution in [0, 0.1) is 0 Å². The Bertz CT molecular complexity index is 406. The molecule has 1 unspecified atom stereocenters. The molecular formula is C11H13ClN2O. The maximum atomic E-state index is 10.4. The van der Waals surface area contributed by atoms with E-state index in [1.54, 1.807) is 12.1 Å². The second kappa shape index (κ2) is 3.83. The third-order valence-corrected chi connectivity index (χ3v) is 2.88. The maximum absolute atomic E-state index is 10.4. The lowest BCUT2D eigenvalue weighted by atomic mass is 9.85. The van der Waals surface area contributed by atoms with E-state index in [9.17, 15) is 5.11 Å². The van der Waals surface area contributed by atoms with Gasteiger partial charge in [-0.05, 0) is 25.3 Å². The van der Waals surface area contributed by atoms with Gasteiger partial charge >= 0.3 is 0 Å². The average Bonchev–Trinajstić information content (AvgIpc) is 2.23. The van der Waals surface area contributed by atoms with Gasteiger partial charge in [0.1, 0.15) is 11.4 Å². The van der Waals surface area contributed by atoms with Crippen molar-refractivity contribution in [1.29, 1.82) is 0 Å². The van der Waals surface area contributed by atoms with E-state index in [1.165, 1.54) is 6.20 Å². The molecule has 0 aliphatic heterocycles. The summed E-state index contributed by atoms with van der Waals surface area (Å²) in [5.74, 6) is 0.341. The second-order valence-corrected chi connectivity index (χ2v) is 4.24. The van der Waals surface area contributed by atoms with Gasteiger partial charge in [0.05, 0.1) is 5.02 Å². The van der Waals surface area contributed by atoms with E-state index in [0.717, 1.165) is 12.8 Å². The van der Waals surface area contributed by atoms with E-state index < -0.39 is 5.60 Å². The van der Waals surface area contributed by atoms with Crippen LogP contribution in [0.1, 0.15) is 24.8 Å². The number of aliphatic hydroxyl groups is 1. The van der Waals surface area contributed by atoms with Crippen LogP contribution in [0.5, 0.6) is 0 Å². The molecule has 0 saturated carbocycles. The van der Waals surface area contributed by atoms with Crippen LogP contribution in [-0.4, -0.2) is 10.1 Å². The molecule has 1 aromatic heterocycles.